The number of rotatable bonds is 5. The number of hydrogen-bond acceptors (Lipinski definition) is 5. The molecule has 0 spiro atoms. The molecule has 8 heteroatoms. The molecular formula is C20H23FN4O3. The molecule has 1 aliphatic heterocycles. The Morgan fingerprint density at radius 1 is 1.21 bits per heavy atom. The molecule has 2 aromatic rings. The molecule has 1 N–H and O–H groups in total. The molecule has 0 atom stereocenters. The Kier molecular flexibility index (Phi) is 6.08. The number of hydrogen-bond donors (Lipinski definition) is 1. The monoisotopic (exact) mass is 386 g/mol. The number of pyridine rings is 1. The lowest BCUT2D eigenvalue weighted by Gasteiger charge is -2.35. The van der Waals surface area contributed by atoms with E-state index in [2.05, 4.69) is 15.2 Å². The van der Waals surface area contributed by atoms with Crippen molar-refractivity contribution >= 4 is 17.6 Å². The number of piperazine rings is 1. The first-order chi connectivity index (χ1) is 13.5. The largest absolute Gasteiger partial charge is 0.494 e. The minimum absolute atomic E-state index is 0.0693. The van der Waals surface area contributed by atoms with Crippen LogP contribution in [0, 0.1) is 5.82 Å². The number of anilines is 1. The predicted molar refractivity (Wildman–Crippen MR) is 103 cm³/mol. The van der Waals surface area contributed by atoms with E-state index in [1.165, 1.54) is 19.2 Å². The van der Waals surface area contributed by atoms with Gasteiger partial charge in [-0.25, -0.2) is 9.37 Å². The molecule has 3 rings (SSSR count). The van der Waals surface area contributed by atoms with Gasteiger partial charge in [0.2, 0.25) is 5.91 Å². The van der Waals surface area contributed by atoms with Crippen molar-refractivity contribution in [3.63, 3.8) is 0 Å². The Labute approximate surface area is 163 Å². The highest BCUT2D eigenvalue weighted by atomic mass is 19.1. The van der Waals surface area contributed by atoms with Gasteiger partial charge < -0.3 is 19.9 Å². The zero-order chi connectivity index (χ0) is 20.1. The fourth-order valence-corrected chi connectivity index (χ4v) is 3.17. The summed E-state index contributed by atoms with van der Waals surface area (Å²) in [5.74, 6) is -0.0130. The SMILES string of the molecule is COc1ccc(C(=O)NCc2cccnc2N2CCN(C(C)=O)CC2)cc1F. The highest BCUT2D eigenvalue weighted by Gasteiger charge is 2.21. The van der Waals surface area contributed by atoms with Gasteiger partial charge in [0.1, 0.15) is 5.82 Å². The maximum Gasteiger partial charge on any atom is 0.251 e. The number of aromatic nitrogens is 1. The molecule has 7 nitrogen and oxygen atoms in total. The lowest BCUT2D eigenvalue weighted by Crippen LogP contribution is -2.48. The second-order valence-electron chi connectivity index (χ2n) is 6.51. The summed E-state index contributed by atoms with van der Waals surface area (Å²) in [6.07, 6.45) is 1.71. The van der Waals surface area contributed by atoms with E-state index in [0.717, 1.165) is 17.4 Å². The third-order valence-corrected chi connectivity index (χ3v) is 4.75. The van der Waals surface area contributed by atoms with E-state index in [1.807, 2.05) is 12.1 Å². The minimum atomic E-state index is -0.583. The molecule has 1 saturated heterocycles. The van der Waals surface area contributed by atoms with E-state index in [1.54, 1.807) is 18.0 Å². The average Bonchev–Trinajstić information content (AvgIpc) is 2.72. The van der Waals surface area contributed by atoms with E-state index in [0.29, 0.717) is 26.2 Å². The lowest BCUT2D eigenvalue weighted by atomic mass is 10.1. The van der Waals surface area contributed by atoms with Gasteiger partial charge in [-0.1, -0.05) is 6.07 Å². The summed E-state index contributed by atoms with van der Waals surface area (Å²) >= 11 is 0. The van der Waals surface area contributed by atoms with Crippen molar-refractivity contribution in [1.82, 2.24) is 15.2 Å². The third-order valence-electron chi connectivity index (χ3n) is 4.75. The first-order valence-electron chi connectivity index (χ1n) is 9.05. The number of nitrogens with one attached hydrogen (secondary N) is 1. The molecule has 0 unspecified atom stereocenters. The van der Waals surface area contributed by atoms with E-state index < -0.39 is 5.82 Å². The average molecular weight is 386 g/mol. The summed E-state index contributed by atoms with van der Waals surface area (Å²) in [5, 5.41) is 2.81. The quantitative estimate of drug-likeness (QED) is 0.849. The second-order valence-corrected chi connectivity index (χ2v) is 6.51. The van der Waals surface area contributed by atoms with Gasteiger partial charge in [-0.3, -0.25) is 9.59 Å². The molecule has 1 fully saturated rings. The number of halogens is 1. The third kappa shape index (κ3) is 4.39. The first-order valence-corrected chi connectivity index (χ1v) is 9.05. The van der Waals surface area contributed by atoms with Crippen LogP contribution >= 0.6 is 0 Å². The maximum atomic E-state index is 13.8. The van der Waals surface area contributed by atoms with Gasteiger partial charge in [0.15, 0.2) is 11.6 Å². The van der Waals surface area contributed by atoms with Gasteiger partial charge in [-0.15, -0.1) is 0 Å². The van der Waals surface area contributed by atoms with Crippen molar-refractivity contribution in [3.8, 4) is 5.75 Å². The van der Waals surface area contributed by atoms with Crippen LogP contribution in [0.1, 0.15) is 22.8 Å². The summed E-state index contributed by atoms with van der Waals surface area (Å²) in [7, 11) is 1.37. The van der Waals surface area contributed by atoms with E-state index in [9.17, 15) is 14.0 Å². The zero-order valence-electron chi connectivity index (χ0n) is 15.9. The number of benzene rings is 1. The van der Waals surface area contributed by atoms with Crippen LogP contribution < -0.4 is 15.0 Å². The summed E-state index contributed by atoms with van der Waals surface area (Å²) in [5.41, 5.74) is 1.08. The summed E-state index contributed by atoms with van der Waals surface area (Å²) in [6.45, 7) is 4.48. The van der Waals surface area contributed by atoms with Gasteiger partial charge in [0, 0.05) is 57.0 Å². The second kappa shape index (κ2) is 8.69. The normalized spacial score (nSPS) is 14.0. The molecule has 1 aromatic heterocycles. The molecule has 0 saturated carbocycles. The molecular weight excluding hydrogens is 363 g/mol. The molecule has 2 amide bonds. The molecule has 0 bridgehead atoms. The molecule has 28 heavy (non-hydrogen) atoms. The lowest BCUT2D eigenvalue weighted by molar-refractivity contribution is -0.129. The van der Waals surface area contributed by atoms with E-state index >= 15 is 0 Å². The number of nitrogens with zero attached hydrogens (tertiary/aromatic N) is 3. The van der Waals surface area contributed by atoms with E-state index in [4.69, 9.17) is 4.74 Å². The van der Waals surface area contributed by atoms with Gasteiger partial charge in [0.05, 0.1) is 7.11 Å². The van der Waals surface area contributed by atoms with Crippen molar-refractivity contribution in [3.05, 3.63) is 53.5 Å². The zero-order valence-corrected chi connectivity index (χ0v) is 15.9. The van der Waals surface area contributed by atoms with Crippen LogP contribution in [0.2, 0.25) is 0 Å². The fraction of sp³-hybridized carbons (Fsp3) is 0.350. The Hall–Kier alpha value is -3.16. The first kappa shape index (κ1) is 19.6. The maximum absolute atomic E-state index is 13.8. The van der Waals surface area contributed by atoms with Crippen LogP contribution in [0.25, 0.3) is 0 Å². The number of amides is 2. The Morgan fingerprint density at radius 3 is 2.61 bits per heavy atom. The van der Waals surface area contributed by atoms with Crippen LogP contribution in [0.3, 0.4) is 0 Å². The number of methoxy groups -OCH3 is 1. The van der Waals surface area contributed by atoms with Crippen molar-refractivity contribution in [2.24, 2.45) is 0 Å². The van der Waals surface area contributed by atoms with Gasteiger partial charge in [-0.05, 0) is 24.3 Å². The summed E-state index contributed by atoms with van der Waals surface area (Å²) in [4.78, 5) is 32.2. The van der Waals surface area contributed by atoms with Crippen molar-refractivity contribution < 1.29 is 18.7 Å². The predicted octanol–water partition coefficient (Wildman–Crippen LogP) is 1.83. The molecule has 148 valence electrons. The molecule has 0 aliphatic carbocycles. The van der Waals surface area contributed by atoms with Crippen molar-refractivity contribution in [2.45, 2.75) is 13.5 Å². The Morgan fingerprint density at radius 2 is 1.96 bits per heavy atom. The molecule has 1 aliphatic rings. The highest BCUT2D eigenvalue weighted by Crippen LogP contribution is 2.20. The summed E-state index contributed by atoms with van der Waals surface area (Å²) in [6, 6.07) is 7.80. The number of carbonyl (C=O) groups excluding carboxylic acids is 2. The van der Waals surface area contributed by atoms with Crippen LogP contribution in [-0.4, -0.2) is 55.0 Å². The Balaban J connectivity index is 1.66. The smallest absolute Gasteiger partial charge is 0.251 e. The summed E-state index contributed by atoms with van der Waals surface area (Å²) < 4.78 is 18.7. The fourth-order valence-electron chi connectivity index (χ4n) is 3.17. The van der Waals surface area contributed by atoms with Gasteiger partial charge in [0.25, 0.3) is 5.91 Å². The van der Waals surface area contributed by atoms with Gasteiger partial charge >= 0.3 is 0 Å². The van der Waals surface area contributed by atoms with Gasteiger partial charge in [-0.2, -0.15) is 0 Å². The number of ether oxygens (including phenoxy) is 1. The minimum Gasteiger partial charge on any atom is -0.494 e. The highest BCUT2D eigenvalue weighted by molar-refractivity contribution is 5.94. The number of carbonyl (C=O) groups is 2. The molecule has 1 aromatic carbocycles. The molecule has 2 heterocycles. The standard InChI is InChI=1S/C20H23FN4O3/c1-14(26)24-8-10-25(11-9-24)19-16(4-3-7-22-19)13-23-20(27)15-5-6-18(28-2)17(21)12-15/h3-7,12H,8-11,13H2,1-2H3,(H,23,27). The van der Waals surface area contributed by atoms with E-state index in [-0.39, 0.29) is 29.7 Å². The topological polar surface area (TPSA) is 74.8 Å². The molecule has 0 radical (unpaired) electrons. The van der Waals surface area contributed by atoms with Crippen LogP contribution in [-0.2, 0) is 11.3 Å². The van der Waals surface area contributed by atoms with Crippen LogP contribution in [0.15, 0.2) is 36.5 Å². The van der Waals surface area contributed by atoms with Crippen LogP contribution in [0.5, 0.6) is 5.75 Å². The van der Waals surface area contributed by atoms with Crippen molar-refractivity contribution in [1.29, 1.82) is 0 Å². The van der Waals surface area contributed by atoms with Crippen LogP contribution in [0.4, 0.5) is 10.2 Å². The van der Waals surface area contributed by atoms with Crippen molar-refractivity contribution in [2.75, 3.05) is 38.2 Å². The Bertz CT molecular complexity index is 866.